The zero-order valence-corrected chi connectivity index (χ0v) is 18.7. The van der Waals surface area contributed by atoms with Crippen LogP contribution >= 0.6 is 0 Å². The number of nitrogens with one attached hydrogen (secondary N) is 1. The van der Waals surface area contributed by atoms with E-state index in [1.165, 1.54) is 5.56 Å². The number of hydrogen-bond donors (Lipinski definition) is 2. The summed E-state index contributed by atoms with van der Waals surface area (Å²) in [6.07, 6.45) is 4.93. The Kier molecular flexibility index (Phi) is 6.54. The number of amides is 1. The van der Waals surface area contributed by atoms with Gasteiger partial charge >= 0.3 is 0 Å². The van der Waals surface area contributed by atoms with E-state index in [2.05, 4.69) is 55.1 Å². The monoisotopic (exact) mass is 430 g/mol. The van der Waals surface area contributed by atoms with E-state index in [0.717, 1.165) is 53.4 Å². The number of rotatable bonds is 9. The van der Waals surface area contributed by atoms with Crippen LogP contribution in [0.1, 0.15) is 24.8 Å². The van der Waals surface area contributed by atoms with Crippen LogP contribution in [0.3, 0.4) is 0 Å². The second-order valence-corrected chi connectivity index (χ2v) is 8.27. The Bertz CT molecular complexity index is 1210. The Morgan fingerprint density at radius 3 is 2.66 bits per heavy atom. The third kappa shape index (κ3) is 4.82. The molecule has 2 heterocycles. The molecule has 0 aliphatic heterocycles. The van der Waals surface area contributed by atoms with Gasteiger partial charge in [-0.25, -0.2) is 9.97 Å². The van der Waals surface area contributed by atoms with Crippen molar-refractivity contribution in [3.63, 3.8) is 0 Å². The molecule has 0 saturated carbocycles. The number of anilines is 2. The number of benzene rings is 2. The van der Waals surface area contributed by atoms with Gasteiger partial charge in [-0.2, -0.15) is 0 Å². The van der Waals surface area contributed by atoms with E-state index in [9.17, 15) is 4.79 Å². The summed E-state index contributed by atoms with van der Waals surface area (Å²) in [7, 11) is 4.04. The molecule has 32 heavy (non-hydrogen) atoms. The molecule has 166 valence electrons. The molecular formula is C25H30N6O. The molecule has 0 fully saturated rings. The van der Waals surface area contributed by atoms with E-state index >= 15 is 0 Å². The van der Waals surface area contributed by atoms with Crippen molar-refractivity contribution in [3.8, 4) is 0 Å². The van der Waals surface area contributed by atoms with Crippen molar-refractivity contribution < 1.29 is 4.79 Å². The molecule has 3 N–H and O–H groups in total. The molecule has 2 aromatic carbocycles. The summed E-state index contributed by atoms with van der Waals surface area (Å²) in [5.74, 6) is 0.556. The van der Waals surface area contributed by atoms with E-state index in [1.54, 1.807) is 0 Å². The third-order valence-corrected chi connectivity index (χ3v) is 5.72. The SMILES string of the molecule is CN(C)c1ccc(CCC(=O)NCCCCn2cnc3c(N)nc4ccccc4c32)cc1. The van der Waals surface area contributed by atoms with Gasteiger partial charge in [-0.3, -0.25) is 4.79 Å². The molecule has 0 saturated heterocycles. The zero-order valence-electron chi connectivity index (χ0n) is 18.7. The fraction of sp³-hybridized carbons (Fsp3) is 0.320. The number of aromatic nitrogens is 3. The molecule has 0 aliphatic carbocycles. The summed E-state index contributed by atoms with van der Waals surface area (Å²) < 4.78 is 2.13. The first-order chi connectivity index (χ1) is 15.5. The standard InChI is InChI=1S/C25H30N6O/c1-30(2)19-12-9-18(10-13-19)11-14-22(32)27-15-5-6-16-31-17-28-23-24(31)20-7-3-4-8-21(20)29-25(23)26/h3-4,7-10,12-13,17H,5-6,11,14-16H2,1-2H3,(H2,26,29)(H,27,32). The minimum absolute atomic E-state index is 0.0969. The molecule has 0 spiro atoms. The number of unbranched alkanes of at least 4 members (excludes halogenated alkanes) is 1. The summed E-state index contributed by atoms with van der Waals surface area (Å²) in [4.78, 5) is 23.2. The number of carbonyl (C=O) groups excluding carboxylic acids is 1. The topological polar surface area (TPSA) is 89.1 Å². The first kappa shape index (κ1) is 21.6. The first-order valence-electron chi connectivity index (χ1n) is 11.0. The highest BCUT2D eigenvalue weighted by molar-refractivity contribution is 6.06. The van der Waals surface area contributed by atoms with Gasteiger partial charge in [0.15, 0.2) is 5.82 Å². The number of para-hydroxylation sites is 1. The second-order valence-electron chi connectivity index (χ2n) is 8.27. The number of imidazole rings is 1. The summed E-state index contributed by atoms with van der Waals surface area (Å²) in [5, 5.41) is 4.09. The molecule has 0 unspecified atom stereocenters. The smallest absolute Gasteiger partial charge is 0.220 e. The van der Waals surface area contributed by atoms with Crippen LogP contribution in [0.5, 0.6) is 0 Å². The van der Waals surface area contributed by atoms with Crippen LogP contribution in [0, 0.1) is 0 Å². The van der Waals surface area contributed by atoms with Crippen molar-refractivity contribution in [2.24, 2.45) is 0 Å². The van der Waals surface area contributed by atoms with Crippen LogP contribution in [-0.2, 0) is 17.8 Å². The average Bonchev–Trinajstić information content (AvgIpc) is 3.23. The molecule has 0 bridgehead atoms. The number of pyridine rings is 1. The summed E-state index contributed by atoms with van der Waals surface area (Å²) in [5.41, 5.74) is 11.1. The van der Waals surface area contributed by atoms with E-state index in [-0.39, 0.29) is 5.91 Å². The predicted molar refractivity (Wildman–Crippen MR) is 131 cm³/mol. The van der Waals surface area contributed by atoms with E-state index in [0.29, 0.717) is 18.8 Å². The van der Waals surface area contributed by atoms with Gasteiger partial charge in [0.25, 0.3) is 0 Å². The van der Waals surface area contributed by atoms with Crippen LogP contribution in [0.15, 0.2) is 54.9 Å². The maximum atomic E-state index is 12.2. The van der Waals surface area contributed by atoms with Crippen molar-refractivity contribution in [1.82, 2.24) is 19.9 Å². The van der Waals surface area contributed by atoms with Gasteiger partial charge < -0.3 is 20.5 Å². The Hall–Kier alpha value is -3.61. The fourth-order valence-electron chi connectivity index (χ4n) is 3.92. The number of carbonyl (C=O) groups is 1. The van der Waals surface area contributed by atoms with Crippen LogP contribution < -0.4 is 16.0 Å². The number of nitrogens with two attached hydrogens (primary N) is 1. The molecule has 1 amide bonds. The van der Waals surface area contributed by atoms with Crippen molar-refractivity contribution in [2.45, 2.75) is 32.2 Å². The van der Waals surface area contributed by atoms with Gasteiger partial charge in [-0.1, -0.05) is 30.3 Å². The molecular weight excluding hydrogens is 400 g/mol. The molecule has 2 aromatic heterocycles. The minimum Gasteiger partial charge on any atom is -0.382 e. The van der Waals surface area contributed by atoms with Crippen molar-refractivity contribution >= 4 is 39.3 Å². The maximum Gasteiger partial charge on any atom is 0.220 e. The van der Waals surface area contributed by atoms with Crippen molar-refractivity contribution in [1.29, 1.82) is 0 Å². The first-order valence-corrected chi connectivity index (χ1v) is 11.0. The summed E-state index contributed by atoms with van der Waals surface area (Å²) >= 11 is 0. The quantitative estimate of drug-likeness (QED) is 0.395. The third-order valence-electron chi connectivity index (χ3n) is 5.72. The van der Waals surface area contributed by atoms with Crippen LogP contribution in [0.25, 0.3) is 21.9 Å². The average molecular weight is 431 g/mol. The fourth-order valence-corrected chi connectivity index (χ4v) is 3.92. The largest absolute Gasteiger partial charge is 0.382 e. The number of fused-ring (bicyclic) bond motifs is 3. The van der Waals surface area contributed by atoms with E-state index in [4.69, 9.17) is 5.73 Å². The lowest BCUT2D eigenvalue weighted by Crippen LogP contribution is -2.24. The molecule has 0 radical (unpaired) electrons. The van der Waals surface area contributed by atoms with Gasteiger partial charge in [-0.15, -0.1) is 0 Å². The lowest BCUT2D eigenvalue weighted by atomic mass is 10.1. The molecule has 4 aromatic rings. The number of hydrogen-bond acceptors (Lipinski definition) is 5. The number of aryl methyl sites for hydroxylation is 2. The van der Waals surface area contributed by atoms with Gasteiger partial charge in [0, 0.05) is 44.7 Å². The molecule has 4 rings (SSSR count). The van der Waals surface area contributed by atoms with Crippen molar-refractivity contribution in [3.05, 3.63) is 60.4 Å². The summed E-state index contributed by atoms with van der Waals surface area (Å²) in [6, 6.07) is 16.3. The highest BCUT2D eigenvalue weighted by Crippen LogP contribution is 2.27. The lowest BCUT2D eigenvalue weighted by molar-refractivity contribution is -0.121. The van der Waals surface area contributed by atoms with Crippen LogP contribution in [-0.4, -0.2) is 41.1 Å². The molecule has 0 atom stereocenters. The number of nitrogens with zero attached hydrogens (tertiary/aromatic N) is 4. The van der Waals surface area contributed by atoms with E-state index in [1.807, 2.05) is 38.6 Å². The number of nitrogen functional groups attached to an aromatic ring is 1. The normalized spacial score (nSPS) is 11.2. The zero-order chi connectivity index (χ0) is 22.5. The van der Waals surface area contributed by atoms with Gasteiger partial charge in [0.05, 0.1) is 17.4 Å². The van der Waals surface area contributed by atoms with Gasteiger partial charge in [0.2, 0.25) is 5.91 Å². The van der Waals surface area contributed by atoms with E-state index < -0.39 is 0 Å². The molecule has 7 nitrogen and oxygen atoms in total. The molecule has 0 aliphatic rings. The highest BCUT2D eigenvalue weighted by Gasteiger charge is 2.11. The Morgan fingerprint density at radius 2 is 1.88 bits per heavy atom. The molecule has 7 heteroatoms. The summed E-state index contributed by atoms with van der Waals surface area (Å²) in [6.45, 7) is 1.49. The Morgan fingerprint density at radius 1 is 1.09 bits per heavy atom. The van der Waals surface area contributed by atoms with Gasteiger partial charge in [-0.05, 0) is 43.0 Å². The Labute approximate surface area is 188 Å². The Balaban J connectivity index is 1.24. The van der Waals surface area contributed by atoms with Crippen LogP contribution in [0.2, 0.25) is 0 Å². The van der Waals surface area contributed by atoms with Crippen molar-refractivity contribution in [2.75, 3.05) is 31.3 Å². The second kappa shape index (κ2) is 9.68. The predicted octanol–water partition coefficient (Wildman–Crippen LogP) is 3.76. The maximum absolute atomic E-state index is 12.2. The van der Waals surface area contributed by atoms with Gasteiger partial charge in [0.1, 0.15) is 5.52 Å². The van der Waals surface area contributed by atoms with Crippen LogP contribution in [0.4, 0.5) is 11.5 Å². The lowest BCUT2D eigenvalue weighted by Gasteiger charge is -2.12. The minimum atomic E-state index is 0.0969. The highest BCUT2D eigenvalue weighted by atomic mass is 16.1.